The second-order valence-corrected chi connectivity index (χ2v) is 4.32. The maximum Gasteiger partial charge on any atom is 0.422 e. The Hall–Kier alpha value is -2.70. The van der Waals surface area contributed by atoms with Crippen LogP contribution in [0.5, 0.6) is 17.2 Å². The minimum absolute atomic E-state index is 0.0662. The van der Waals surface area contributed by atoms with Crippen molar-refractivity contribution >= 4 is 5.91 Å². The van der Waals surface area contributed by atoms with Crippen LogP contribution in [-0.2, 0) is 0 Å². The lowest BCUT2D eigenvalue weighted by Crippen LogP contribution is -2.20. The average Bonchev–Trinajstić information content (AvgIpc) is 2.46. The Balaban J connectivity index is 2.36. The Morgan fingerprint density at radius 2 is 1.73 bits per heavy atom. The van der Waals surface area contributed by atoms with E-state index in [4.69, 9.17) is 15.2 Å². The summed E-state index contributed by atoms with van der Waals surface area (Å²) in [6, 6.07) is 12.3. The maximum absolute atomic E-state index is 12.3. The van der Waals surface area contributed by atoms with Gasteiger partial charge in [0, 0.05) is 0 Å². The first kappa shape index (κ1) is 15.7. The molecular formula is C15H12F3NO3. The van der Waals surface area contributed by atoms with Crippen LogP contribution in [-0.4, -0.2) is 18.7 Å². The van der Waals surface area contributed by atoms with Gasteiger partial charge in [0.15, 0.2) is 18.1 Å². The third kappa shape index (κ3) is 4.15. The van der Waals surface area contributed by atoms with E-state index in [0.29, 0.717) is 5.75 Å². The zero-order valence-corrected chi connectivity index (χ0v) is 11.3. The number of para-hydroxylation sites is 2. The Kier molecular flexibility index (Phi) is 4.55. The SMILES string of the molecule is NC(=O)c1cccc(OCC(F)(F)F)c1Oc1ccccc1. The number of carbonyl (C=O) groups excluding carboxylic acids is 1. The molecule has 4 nitrogen and oxygen atoms in total. The van der Waals surface area contributed by atoms with Crippen LogP contribution in [0.3, 0.4) is 0 Å². The second-order valence-electron chi connectivity index (χ2n) is 4.32. The lowest BCUT2D eigenvalue weighted by Gasteiger charge is -2.15. The number of halogens is 3. The van der Waals surface area contributed by atoms with Crippen molar-refractivity contribution in [3.05, 3.63) is 54.1 Å². The summed E-state index contributed by atoms with van der Waals surface area (Å²) in [6.07, 6.45) is -4.51. The molecule has 0 aliphatic rings. The third-order valence-electron chi connectivity index (χ3n) is 2.60. The summed E-state index contributed by atoms with van der Waals surface area (Å²) >= 11 is 0. The van der Waals surface area contributed by atoms with Gasteiger partial charge >= 0.3 is 6.18 Å². The Morgan fingerprint density at radius 3 is 2.32 bits per heavy atom. The van der Waals surface area contributed by atoms with E-state index < -0.39 is 18.7 Å². The lowest BCUT2D eigenvalue weighted by molar-refractivity contribution is -0.153. The van der Waals surface area contributed by atoms with Gasteiger partial charge in [-0.05, 0) is 24.3 Å². The fourth-order valence-electron chi connectivity index (χ4n) is 1.69. The minimum Gasteiger partial charge on any atom is -0.480 e. The summed E-state index contributed by atoms with van der Waals surface area (Å²) in [5.74, 6) is -0.848. The van der Waals surface area contributed by atoms with Crippen molar-refractivity contribution in [2.45, 2.75) is 6.18 Å². The molecular weight excluding hydrogens is 299 g/mol. The molecule has 0 radical (unpaired) electrons. The summed E-state index contributed by atoms with van der Waals surface area (Å²) < 4.78 is 47.1. The maximum atomic E-state index is 12.3. The van der Waals surface area contributed by atoms with Gasteiger partial charge in [-0.25, -0.2) is 0 Å². The largest absolute Gasteiger partial charge is 0.480 e. The number of carbonyl (C=O) groups is 1. The number of alkyl halides is 3. The van der Waals surface area contributed by atoms with E-state index in [0.717, 1.165) is 0 Å². The van der Waals surface area contributed by atoms with Gasteiger partial charge in [0.25, 0.3) is 5.91 Å². The van der Waals surface area contributed by atoms with Crippen LogP contribution < -0.4 is 15.2 Å². The molecule has 0 bridgehead atoms. The van der Waals surface area contributed by atoms with E-state index in [1.165, 1.54) is 18.2 Å². The molecule has 0 spiro atoms. The van der Waals surface area contributed by atoms with Crippen LogP contribution in [0.15, 0.2) is 48.5 Å². The number of benzene rings is 2. The minimum atomic E-state index is -4.51. The highest BCUT2D eigenvalue weighted by Gasteiger charge is 2.29. The van der Waals surface area contributed by atoms with Gasteiger partial charge in [0.2, 0.25) is 0 Å². The number of ether oxygens (including phenoxy) is 2. The van der Waals surface area contributed by atoms with E-state index in [9.17, 15) is 18.0 Å². The third-order valence-corrected chi connectivity index (χ3v) is 2.60. The van der Waals surface area contributed by atoms with Crippen molar-refractivity contribution in [3.8, 4) is 17.2 Å². The van der Waals surface area contributed by atoms with Gasteiger partial charge in [-0.15, -0.1) is 0 Å². The van der Waals surface area contributed by atoms with Crippen LogP contribution >= 0.6 is 0 Å². The molecule has 0 heterocycles. The van der Waals surface area contributed by atoms with Gasteiger partial charge in [0.1, 0.15) is 5.75 Å². The number of rotatable bonds is 5. The summed E-state index contributed by atoms with van der Waals surface area (Å²) in [5, 5.41) is 0. The average molecular weight is 311 g/mol. The van der Waals surface area contributed by atoms with E-state index in [1.54, 1.807) is 30.3 Å². The van der Waals surface area contributed by atoms with Crippen LogP contribution in [0.25, 0.3) is 0 Å². The highest BCUT2D eigenvalue weighted by Crippen LogP contribution is 2.35. The fourth-order valence-corrected chi connectivity index (χ4v) is 1.69. The Labute approximate surface area is 124 Å². The molecule has 0 unspecified atom stereocenters. The highest BCUT2D eigenvalue weighted by molar-refractivity contribution is 5.96. The van der Waals surface area contributed by atoms with Gasteiger partial charge in [-0.3, -0.25) is 4.79 Å². The standard InChI is InChI=1S/C15H12F3NO3/c16-15(17,18)9-21-12-8-4-7-11(14(19)20)13(12)22-10-5-2-1-3-6-10/h1-8H,9H2,(H2,19,20). The van der Waals surface area contributed by atoms with Gasteiger partial charge < -0.3 is 15.2 Å². The number of primary amides is 1. The molecule has 7 heteroatoms. The monoisotopic (exact) mass is 311 g/mol. The Morgan fingerprint density at radius 1 is 1.05 bits per heavy atom. The molecule has 0 fully saturated rings. The van der Waals surface area contributed by atoms with Crippen molar-refractivity contribution in [2.75, 3.05) is 6.61 Å². The predicted octanol–water partition coefficient (Wildman–Crippen LogP) is 3.52. The van der Waals surface area contributed by atoms with Crippen LogP contribution in [0.1, 0.15) is 10.4 Å². The molecule has 0 saturated heterocycles. The first-order chi connectivity index (χ1) is 10.4. The molecule has 1 amide bonds. The molecule has 2 rings (SSSR count). The lowest BCUT2D eigenvalue weighted by atomic mass is 10.1. The summed E-state index contributed by atoms with van der Waals surface area (Å²) in [7, 11) is 0. The number of hydrogen-bond acceptors (Lipinski definition) is 3. The second kappa shape index (κ2) is 6.38. The summed E-state index contributed by atoms with van der Waals surface area (Å²) in [5.41, 5.74) is 5.16. The fraction of sp³-hybridized carbons (Fsp3) is 0.133. The van der Waals surface area contributed by atoms with E-state index in [-0.39, 0.29) is 17.1 Å². The smallest absolute Gasteiger partial charge is 0.422 e. The number of hydrogen-bond donors (Lipinski definition) is 1. The van der Waals surface area contributed by atoms with Crippen molar-refractivity contribution in [3.63, 3.8) is 0 Å². The quantitative estimate of drug-likeness (QED) is 0.919. The molecule has 0 aliphatic heterocycles. The van der Waals surface area contributed by atoms with Gasteiger partial charge in [-0.2, -0.15) is 13.2 Å². The van der Waals surface area contributed by atoms with Crippen molar-refractivity contribution in [1.82, 2.24) is 0 Å². The number of amides is 1. The van der Waals surface area contributed by atoms with Crippen LogP contribution in [0, 0.1) is 0 Å². The first-order valence-corrected chi connectivity index (χ1v) is 6.22. The summed E-state index contributed by atoms with van der Waals surface area (Å²) in [4.78, 5) is 11.4. The molecule has 2 aromatic rings. The molecule has 2 N–H and O–H groups in total. The van der Waals surface area contributed by atoms with E-state index >= 15 is 0 Å². The highest BCUT2D eigenvalue weighted by atomic mass is 19.4. The molecule has 0 aliphatic carbocycles. The molecule has 0 saturated carbocycles. The topological polar surface area (TPSA) is 61.6 Å². The first-order valence-electron chi connectivity index (χ1n) is 6.22. The van der Waals surface area contributed by atoms with Gasteiger partial charge in [0.05, 0.1) is 5.56 Å². The van der Waals surface area contributed by atoms with Crippen LogP contribution in [0.2, 0.25) is 0 Å². The predicted molar refractivity (Wildman–Crippen MR) is 73.0 cm³/mol. The number of nitrogens with two attached hydrogens (primary N) is 1. The molecule has 0 aromatic heterocycles. The molecule has 2 aromatic carbocycles. The zero-order valence-electron chi connectivity index (χ0n) is 11.3. The van der Waals surface area contributed by atoms with Crippen molar-refractivity contribution in [2.24, 2.45) is 5.73 Å². The zero-order chi connectivity index (χ0) is 16.2. The van der Waals surface area contributed by atoms with Crippen molar-refractivity contribution < 1.29 is 27.4 Å². The molecule has 22 heavy (non-hydrogen) atoms. The Bertz CT molecular complexity index is 657. The van der Waals surface area contributed by atoms with Crippen molar-refractivity contribution in [1.29, 1.82) is 0 Å². The molecule has 116 valence electrons. The normalized spacial score (nSPS) is 11.0. The van der Waals surface area contributed by atoms with Gasteiger partial charge in [-0.1, -0.05) is 24.3 Å². The molecule has 0 atom stereocenters. The van der Waals surface area contributed by atoms with E-state index in [2.05, 4.69) is 0 Å². The van der Waals surface area contributed by atoms with E-state index in [1.807, 2.05) is 0 Å². The summed E-state index contributed by atoms with van der Waals surface area (Å²) in [6.45, 7) is -1.50. The van der Waals surface area contributed by atoms with Crippen LogP contribution in [0.4, 0.5) is 13.2 Å².